The van der Waals surface area contributed by atoms with Crippen molar-refractivity contribution in [3.8, 4) is 0 Å². The number of halogens is 3. The van der Waals surface area contributed by atoms with Crippen molar-refractivity contribution < 1.29 is 22.8 Å². The Morgan fingerprint density at radius 1 is 1.00 bits per heavy atom. The van der Waals surface area contributed by atoms with Crippen LogP contribution in [0.3, 0.4) is 0 Å². The molecule has 2 aromatic rings. The first kappa shape index (κ1) is 20.8. The lowest BCUT2D eigenvalue weighted by atomic mass is 10.0. The molecule has 0 aromatic heterocycles. The number of benzene rings is 2. The molecule has 0 saturated heterocycles. The van der Waals surface area contributed by atoms with E-state index in [2.05, 4.69) is 10.6 Å². The maximum absolute atomic E-state index is 13.8. The summed E-state index contributed by atoms with van der Waals surface area (Å²) < 4.78 is 38.4. The van der Waals surface area contributed by atoms with Gasteiger partial charge in [-0.1, -0.05) is 37.7 Å². The molecular weight excluding hydrogens is 377 g/mol. The highest BCUT2D eigenvalue weighted by Crippen LogP contribution is 2.26. The van der Waals surface area contributed by atoms with Gasteiger partial charge in [-0.05, 0) is 42.3 Å². The van der Waals surface area contributed by atoms with Crippen LogP contribution in [0.25, 0.3) is 0 Å². The average molecular weight is 396 g/mol. The van der Waals surface area contributed by atoms with Crippen molar-refractivity contribution in [3.05, 3.63) is 59.9 Å². The number of carbonyl (C=O) groups is 2. The molecule has 27 heavy (non-hydrogen) atoms. The van der Waals surface area contributed by atoms with E-state index in [-0.39, 0.29) is 11.5 Å². The molecule has 1 atom stereocenters. The first-order chi connectivity index (χ1) is 12.8. The molecule has 0 saturated carbocycles. The predicted octanol–water partition coefficient (Wildman–Crippen LogP) is 4.53. The second-order valence-electron chi connectivity index (χ2n) is 6.07. The second-order valence-corrected chi connectivity index (χ2v) is 7.13. The van der Waals surface area contributed by atoms with Crippen LogP contribution in [0.5, 0.6) is 0 Å². The first-order valence-electron chi connectivity index (χ1n) is 8.19. The molecule has 0 radical (unpaired) electrons. The van der Waals surface area contributed by atoms with Gasteiger partial charge in [0.1, 0.15) is 11.9 Å². The second kappa shape index (κ2) is 9.45. The van der Waals surface area contributed by atoms with Crippen LogP contribution in [-0.4, -0.2) is 23.6 Å². The summed E-state index contributed by atoms with van der Waals surface area (Å²) in [4.78, 5) is 25.2. The highest BCUT2D eigenvalue weighted by Gasteiger charge is 2.25. The van der Waals surface area contributed by atoms with Gasteiger partial charge in [-0.25, -0.2) is 4.39 Å². The molecule has 4 nitrogen and oxygen atoms in total. The van der Waals surface area contributed by atoms with Gasteiger partial charge in [0.2, 0.25) is 5.91 Å². The molecule has 0 aliphatic heterocycles. The van der Waals surface area contributed by atoms with Gasteiger partial charge < -0.3 is 10.6 Å². The standard InChI is InChI=1S/C19H19F3N2O2S/c1-11(2)16(24-17(25)14-5-3-4-6-15(14)20)18(26)23-12-7-9-13(10-8-12)27-19(21)22/h3-11,16,19H,1-2H3,(H,23,26)(H,24,25)/t16-/m0/s1. The lowest BCUT2D eigenvalue weighted by molar-refractivity contribution is -0.118. The van der Waals surface area contributed by atoms with Crippen molar-refractivity contribution in [2.24, 2.45) is 5.92 Å². The summed E-state index contributed by atoms with van der Waals surface area (Å²) in [6, 6.07) is 10.5. The zero-order valence-electron chi connectivity index (χ0n) is 14.7. The summed E-state index contributed by atoms with van der Waals surface area (Å²) in [6.07, 6.45) is 0. The maximum atomic E-state index is 13.8. The molecule has 2 amide bonds. The molecule has 0 heterocycles. The van der Waals surface area contributed by atoms with E-state index in [0.717, 1.165) is 0 Å². The molecule has 2 aromatic carbocycles. The monoisotopic (exact) mass is 396 g/mol. The van der Waals surface area contributed by atoms with Crippen LogP contribution in [0, 0.1) is 11.7 Å². The summed E-state index contributed by atoms with van der Waals surface area (Å²) in [7, 11) is 0. The van der Waals surface area contributed by atoms with Gasteiger partial charge in [0, 0.05) is 10.6 Å². The van der Waals surface area contributed by atoms with Gasteiger partial charge >= 0.3 is 0 Å². The number of nitrogens with one attached hydrogen (secondary N) is 2. The summed E-state index contributed by atoms with van der Waals surface area (Å²) in [5.74, 6) is -4.63. The zero-order valence-corrected chi connectivity index (χ0v) is 15.5. The van der Waals surface area contributed by atoms with E-state index in [1.807, 2.05) is 0 Å². The molecule has 0 fully saturated rings. The van der Waals surface area contributed by atoms with E-state index in [4.69, 9.17) is 0 Å². The molecule has 2 rings (SSSR count). The average Bonchev–Trinajstić information content (AvgIpc) is 2.60. The van der Waals surface area contributed by atoms with Gasteiger partial charge in [-0.3, -0.25) is 9.59 Å². The van der Waals surface area contributed by atoms with Crippen molar-refractivity contribution in [2.45, 2.75) is 30.5 Å². The number of hydrogen-bond donors (Lipinski definition) is 2. The Morgan fingerprint density at radius 3 is 2.19 bits per heavy atom. The molecular formula is C19H19F3N2O2S. The molecule has 0 unspecified atom stereocenters. The molecule has 2 N–H and O–H groups in total. The van der Waals surface area contributed by atoms with Gasteiger partial charge in [0.15, 0.2) is 0 Å². The van der Waals surface area contributed by atoms with Crippen LogP contribution in [0.15, 0.2) is 53.4 Å². The molecule has 0 aliphatic carbocycles. The van der Waals surface area contributed by atoms with Crippen molar-refractivity contribution in [1.82, 2.24) is 5.32 Å². The lowest BCUT2D eigenvalue weighted by Gasteiger charge is -2.22. The quantitative estimate of drug-likeness (QED) is 0.676. The van der Waals surface area contributed by atoms with Crippen molar-refractivity contribution in [3.63, 3.8) is 0 Å². The molecule has 8 heteroatoms. The summed E-state index contributed by atoms with van der Waals surface area (Å²) in [6.45, 7) is 3.49. The summed E-state index contributed by atoms with van der Waals surface area (Å²) in [5.41, 5.74) is 0.258. The number of anilines is 1. The number of amides is 2. The van der Waals surface area contributed by atoms with Gasteiger partial charge in [0.25, 0.3) is 11.7 Å². The predicted molar refractivity (Wildman–Crippen MR) is 99.4 cm³/mol. The van der Waals surface area contributed by atoms with Crippen LogP contribution in [0.2, 0.25) is 0 Å². The van der Waals surface area contributed by atoms with Crippen LogP contribution >= 0.6 is 11.8 Å². The first-order valence-corrected chi connectivity index (χ1v) is 9.07. The minimum atomic E-state index is -2.52. The number of thioether (sulfide) groups is 1. The van der Waals surface area contributed by atoms with E-state index >= 15 is 0 Å². The Kier molecular flexibility index (Phi) is 7.29. The number of hydrogen-bond acceptors (Lipinski definition) is 3. The zero-order chi connectivity index (χ0) is 20.0. The van der Waals surface area contributed by atoms with E-state index in [1.54, 1.807) is 13.8 Å². The summed E-state index contributed by atoms with van der Waals surface area (Å²) in [5, 5.41) is 5.17. The number of alkyl halides is 2. The third-order valence-electron chi connectivity index (χ3n) is 3.70. The molecule has 0 aliphatic rings. The maximum Gasteiger partial charge on any atom is 0.288 e. The topological polar surface area (TPSA) is 58.2 Å². The van der Waals surface area contributed by atoms with Crippen molar-refractivity contribution >= 4 is 29.3 Å². The highest BCUT2D eigenvalue weighted by atomic mass is 32.2. The highest BCUT2D eigenvalue weighted by molar-refractivity contribution is 7.99. The van der Waals surface area contributed by atoms with Crippen molar-refractivity contribution in [1.29, 1.82) is 0 Å². The van der Waals surface area contributed by atoms with Gasteiger partial charge in [0.05, 0.1) is 5.56 Å². The Bertz CT molecular complexity index is 798. The van der Waals surface area contributed by atoms with E-state index in [0.29, 0.717) is 22.3 Å². The summed E-state index contributed by atoms with van der Waals surface area (Å²) >= 11 is 0.406. The third kappa shape index (κ3) is 6.02. The fourth-order valence-electron chi connectivity index (χ4n) is 2.34. The van der Waals surface area contributed by atoms with Gasteiger partial charge in [-0.2, -0.15) is 8.78 Å². The molecule has 144 valence electrons. The Morgan fingerprint density at radius 2 is 1.63 bits per heavy atom. The Labute approximate surface area is 159 Å². The van der Waals surface area contributed by atoms with Crippen LogP contribution in [0.1, 0.15) is 24.2 Å². The van der Waals surface area contributed by atoms with Crippen LogP contribution in [-0.2, 0) is 4.79 Å². The van der Waals surface area contributed by atoms with E-state index in [1.165, 1.54) is 48.5 Å². The molecule has 0 bridgehead atoms. The number of carbonyl (C=O) groups excluding carboxylic acids is 2. The smallest absolute Gasteiger partial charge is 0.288 e. The van der Waals surface area contributed by atoms with Gasteiger partial charge in [-0.15, -0.1) is 0 Å². The minimum Gasteiger partial charge on any atom is -0.340 e. The van der Waals surface area contributed by atoms with Crippen LogP contribution in [0.4, 0.5) is 18.9 Å². The van der Waals surface area contributed by atoms with Crippen LogP contribution < -0.4 is 10.6 Å². The molecule has 0 spiro atoms. The van der Waals surface area contributed by atoms with Crippen molar-refractivity contribution in [2.75, 3.05) is 5.32 Å². The minimum absolute atomic E-state index is 0.149. The Hall–Kier alpha value is -2.48. The van der Waals surface area contributed by atoms with E-state index in [9.17, 15) is 22.8 Å². The fraction of sp³-hybridized carbons (Fsp3) is 0.263. The Balaban J connectivity index is 2.06. The third-order valence-corrected chi connectivity index (χ3v) is 4.42. The van der Waals surface area contributed by atoms with E-state index < -0.39 is 29.4 Å². The fourth-order valence-corrected chi connectivity index (χ4v) is 2.84. The number of rotatable bonds is 7. The normalized spacial score (nSPS) is 12.1. The largest absolute Gasteiger partial charge is 0.340 e. The lowest BCUT2D eigenvalue weighted by Crippen LogP contribution is -2.47. The SMILES string of the molecule is CC(C)[C@H](NC(=O)c1ccccc1F)C(=O)Nc1ccc(SC(F)F)cc1.